The van der Waals surface area contributed by atoms with E-state index in [-0.39, 0.29) is 71.5 Å². The maximum Gasteiger partial charge on any atom is 0.255 e. The average Bonchev–Trinajstić information content (AvgIpc) is 0.777. The molecule has 3 saturated heterocycles. The molecule has 3 unspecified atom stereocenters. The van der Waals surface area contributed by atoms with Gasteiger partial charge in [-0.25, -0.2) is 8.42 Å². The maximum absolute atomic E-state index is 16.0. The van der Waals surface area contributed by atoms with Gasteiger partial charge in [-0.2, -0.15) is 4.31 Å². The van der Waals surface area contributed by atoms with Crippen LogP contribution >= 0.6 is 0 Å². The van der Waals surface area contributed by atoms with Gasteiger partial charge >= 0.3 is 0 Å². The third kappa shape index (κ3) is 21.4. The Hall–Kier alpha value is -8.20. The van der Waals surface area contributed by atoms with Crippen molar-refractivity contribution in [3.8, 4) is 0 Å². The molecule has 3 heterocycles. The quantitative estimate of drug-likeness (QED) is 0.0361. The fourth-order valence-electron chi connectivity index (χ4n) is 14.8. The van der Waals surface area contributed by atoms with E-state index in [0.29, 0.717) is 57.8 Å². The topological polar surface area (TPSA) is 165 Å². The molecule has 7 aromatic rings. The Morgan fingerprint density at radius 2 is 0.619 bits per heavy atom. The second-order valence-corrected chi connectivity index (χ2v) is 29.1. The highest BCUT2D eigenvalue weighted by molar-refractivity contribution is 7.89. The van der Waals surface area contributed by atoms with Crippen LogP contribution in [0.5, 0.6) is 0 Å². The molecule has 97 heavy (non-hydrogen) atoms. The average molecular weight is 1330 g/mol. The van der Waals surface area contributed by atoms with E-state index in [2.05, 4.69) is 88.7 Å². The molecule has 3 aliphatic heterocycles. The fourth-order valence-corrected chi connectivity index (χ4v) is 16.5. The van der Waals surface area contributed by atoms with Crippen LogP contribution in [0.3, 0.4) is 0 Å². The first-order valence-corrected chi connectivity index (χ1v) is 37.8. The van der Waals surface area contributed by atoms with Gasteiger partial charge in [-0.05, 0) is 219 Å². The normalized spacial score (nSPS) is 16.9. The van der Waals surface area contributed by atoms with Crippen molar-refractivity contribution in [3.05, 3.63) is 245 Å². The van der Waals surface area contributed by atoms with Crippen molar-refractivity contribution in [2.75, 3.05) is 19.6 Å². The number of nitrogens with zero attached hydrogens (tertiary/aromatic N) is 3. The van der Waals surface area contributed by atoms with Gasteiger partial charge < -0.3 is 25.8 Å². The molecule has 7 aromatic carbocycles. The van der Waals surface area contributed by atoms with Crippen LogP contribution in [0.1, 0.15) is 189 Å². The number of carbonyl (C=O) groups is 5. The lowest BCUT2D eigenvalue weighted by molar-refractivity contribution is -0.128. The van der Waals surface area contributed by atoms with E-state index in [1.165, 1.54) is 55.9 Å². The van der Waals surface area contributed by atoms with Crippen molar-refractivity contribution < 1.29 is 32.4 Å². The molecule has 0 spiro atoms. The second kappa shape index (κ2) is 37.5. The van der Waals surface area contributed by atoms with Crippen LogP contribution in [0.15, 0.2) is 205 Å². The van der Waals surface area contributed by atoms with Crippen LogP contribution in [-0.4, -0.2) is 108 Å². The van der Waals surface area contributed by atoms with Gasteiger partial charge in [0, 0.05) is 37.8 Å². The van der Waals surface area contributed by atoms with Crippen LogP contribution < -0.4 is 16.0 Å². The highest BCUT2D eigenvalue weighted by Gasteiger charge is 2.42. The van der Waals surface area contributed by atoms with E-state index in [1.54, 1.807) is 9.80 Å². The minimum Gasteiger partial charge on any atom is -0.352 e. The van der Waals surface area contributed by atoms with Gasteiger partial charge in [0.1, 0.15) is 18.1 Å². The SMILES string of the molecule is O=C(NC(CCCc1ccccc1)CCCc1ccccc1)C1CCCCN1C(=O)c1ccc(S(=O)(=O)N2CCCCC2C(=O)NC(CCCc2ccccc2)CCCc2ccccc2)cc1C(=O)N1CCCCC1C(=O)NC(CCCc1ccccc1)CCCc1ccccc1. The molecule has 3 aliphatic rings. The smallest absolute Gasteiger partial charge is 0.255 e. The van der Waals surface area contributed by atoms with Gasteiger partial charge in [-0.1, -0.05) is 188 Å². The molecule has 0 radical (unpaired) electrons. The summed E-state index contributed by atoms with van der Waals surface area (Å²) in [4.78, 5) is 79.5. The lowest BCUT2D eigenvalue weighted by Crippen LogP contribution is -2.55. The van der Waals surface area contributed by atoms with E-state index in [4.69, 9.17) is 0 Å². The van der Waals surface area contributed by atoms with Crippen molar-refractivity contribution in [2.45, 2.75) is 215 Å². The summed E-state index contributed by atoms with van der Waals surface area (Å²) >= 11 is 0. The van der Waals surface area contributed by atoms with E-state index in [9.17, 15) is 9.59 Å². The second-order valence-electron chi connectivity index (χ2n) is 27.2. The molecule has 0 aliphatic carbocycles. The Bertz CT molecular complexity index is 3540. The predicted octanol–water partition coefficient (Wildman–Crippen LogP) is 14.8. The van der Waals surface area contributed by atoms with Crippen molar-refractivity contribution in [1.82, 2.24) is 30.1 Å². The first-order valence-electron chi connectivity index (χ1n) is 36.4. The first kappa shape index (κ1) is 71.6. The number of rotatable bonds is 34. The Kier molecular flexibility index (Phi) is 27.7. The van der Waals surface area contributed by atoms with Gasteiger partial charge in [-0.15, -0.1) is 0 Å². The van der Waals surface area contributed by atoms with Gasteiger partial charge in [0.25, 0.3) is 11.8 Å². The van der Waals surface area contributed by atoms with Gasteiger partial charge in [0.2, 0.25) is 27.7 Å². The van der Waals surface area contributed by atoms with Crippen LogP contribution in [0.4, 0.5) is 0 Å². The van der Waals surface area contributed by atoms with Crippen molar-refractivity contribution in [3.63, 3.8) is 0 Å². The molecule has 0 aromatic heterocycles. The Morgan fingerprint density at radius 1 is 0.340 bits per heavy atom. The lowest BCUT2D eigenvalue weighted by atomic mass is 9.95. The van der Waals surface area contributed by atoms with E-state index in [0.717, 1.165) is 116 Å². The van der Waals surface area contributed by atoms with Crippen LogP contribution in [0.25, 0.3) is 0 Å². The molecule has 10 rings (SSSR count). The molecule has 3 atom stereocenters. The van der Waals surface area contributed by atoms with Crippen LogP contribution in [-0.2, 0) is 62.9 Å². The highest BCUT2D eigenvalue weighted by atomic mass is 32.2. The number of piperidine rings is 3. The molecule has 14 heteroatoms. The Balaban J connectivity index is 0.928. The Morgan fingerprint density at radius 3 is 0.938 bits per heavy atom. The summed E-state index contributed by atoms with van der Waals surface area (Å²) in [6.45, 7) is 0.560. The number of nitrogens with one attached hydrogen (secondary N) is 3. The molecule has 0 saturated carbocycles. The monoisotopic (exact) mass is 1330 g/mol. The minimum atomic E-state index is -4.51. The molecule has 5 amide bonds. The molecule has 3 fully saturated rings. The largest absolute Gasteiger partial charge is 0.352 e. The summed E-state index contributed by atoms with van der Waals surface area (Å²) < 4.78 is 32.5. The molecule has 3 N–H and O–H groups in total. The summed E-state index contributed by atoms with van der Waals surface area (Å²) in [6.07, 6.45) is 19.6. The zero-order valence-electron chi connectivity index (χ0n) is 56.8. The number of likely N-dealkylation sites (tertiary alicyclic amines) is 2. The molecular formula is C83H102N6O7S. The van der Waals surface area contributed by atoms with Crippen LogP contribution in [0.2, 0.25) is 0 Å². The number of benzene rings is 7. The predicted molar refractivity (Wildman–Crippen MR) is 387 cm³/mol. The van der Waals surface area contributed by atoms with Crippen LogP contribution in [0, 0.1) is 0 Å². The zero-order valence-corrected chi connectivity index (χ0v) is 57.7. The lowest BCUT2D eigenvalue weighted by Gasteiger charge is -2.38. The molecular weight excluding hydrogens is 1230 g/mol. The summed E-state index contributed by atoms with van der Waals surface area (Å²) in [5.41, 5.74) is 7.18. The zero-order chi connectivity index (χ0) is 67.4. The number of hydrogen-bond donors (Lipinski definition) is 3. The van der Waals surface area contributed by atoms with E-state index < -0.39 is 40.0 Å². The van der Waals surface area contributed by atoms with Crippen molar-refractivity contribution in [2.24, 2.45) is 0 Å². The third-order valence-electron chi connectivity index (χ3n) is 20.2. The summed E-state index contributed by atoms with van der Waals surface area (Å²) in [5, 5.41) is 10.2. The first-order chi connectivity index (χ1) is 47.5. The van der Waals surface area contributed by atoms with Crippen molar-refractivity contribution in [1.29, 1.82) is 0 Å². The Labute approximate surface area is 577 Å². The maximum atomic E-state index is 16.0. The highest BCUT2D eigenvalue weighted by Crippen LogP contribution is 2.32. The standard InChI is InChI=1S/C83H102N6O7S/c90-79(84-70(49-25-43-64-31-7-1-8-32-64)50-26-44-65-33-9-2-10-34-65)76-55-19-22-60-87(76)82(93)74-59-58-73(97(95,96)89-62-24-21-57-78(89)81(92)86-72(53-29-47-68-39-15-5-16-40-68)54-30-48-69-41-17-6-18-42-69)63-75(74)83(94)88-61-23-20-56-77(88)80(91)85-71(51-27-45-66-35-11-3-12-36-66)52-28-46-67-37-13-4-14-38-67/h1-18,31-42,58-59,63,70-72,76-78H,19-30,43-57,60-62H2,(H,84,90)(H,85,91)(H,86,92). The molecule has 0 bridgehead atoms. The van der Waals surface area contributed by atoms with Gasteiger partial charge in [-0.3, -0.25) is 24.0 Å². The summed E-state index contributed by atoms with van der Waals surface area (Å²) in [6, 6.07) is 62.8. The fraction of sp³-hybridized carbons (Fsp3) is 0.434. The minimum absolute atomic E-state index is 0.0304. The summed E-state index contributed by atoms with van der Waals surface area (Å²) in [7, 11) is -4.51. The third-order valence-corrected chi connectivity index (χ3v) is 22.1. The molecule has 13 nitrogen and oxygen atoms in total. The van der Waals surface area contributed by atoms with Crippen molar-refractivity contribution >= 4 is 39.6 Å². The number of carbonyl (C=O) groups excluding carboxylic acids is 5. The number of sulfonamides is 1. The molecule has 512 valence electrons. The van der Waals surface area contributed by atoms with Gasteiger partial charge in [0.05, 0.1) is 16.0 Å². The van der Waals surface area contributed by atoms with Gasteiger partial charge in [0.15, 0.2) is 0 Å². The number of amides is 5. The van der Waals surface area contributed by atoms with E-state index >= 15 is 22.8 Å². The number of hydrogen-bond acceptors (Lipinski definition) is 7. The summed E-state index contributed by atoms with van der Waals surface area (Å²) in [5.74, 6) is -2.04. The van der Waals surface area contributed by atoms with E-state index in [1.807, 2.05) is 109 Å². The number of aryl methyl sites for hydroxylation is 6.